The van der Waals surface area contributed by atoms with Gasteiger partial charge in [0.05, 0.1) is 0 Å². The predicted molar refractivity (Wildman–Crippen MR) is 222 cm³/mol. The third kappa shape index (κ3) is 4.77. The molecular formula is C51H37N. The van der Waals surface area contributed by atoms with Gasteiger partial charge in [-0.2, -0.15) is 0 Å². The van der Waals surface area contributed by atoms with Crippen LogP contribution in [0, 0.1) is 0 Å². The highest BCUT2D eigenvalue weighted by Crippen LogP contribution is 2.51. The Kier molecular flexibility index (Phi) is 6.91. The molecule has 1 nitrogen and oxygen atoms in total. The van der Waals surface area contributed by atoms with E-state index in [1.165, 1.54) is 76.8 Å². The molecule has 0 spiro atoms. The second kappa shape index (κ2) is 11.8. The molecule has 0 radical (unpaired) electrons. The fourth-order valence-corrected chi connectivity index (χ4v) is 8.64. The molecule has 10 rings (SSSR count). The molecule has 0 atom stereocenters. The number of benzene rings is 9. The van der Waals surface area contributed by atoms with Crippen LogP contribution in [-0.2, 0) is 5.41 Å². The molecule has 1 aliphatic rings. The first-order chi connectivity index (χ1) is 25.5. The molecule has 1 aliphatic carbocycles. The Balaban J connectivity index is 1.12. The molecular weight excluding hydrogens is 627 g/mol. The normalized spacial score (nSPS) is 13.0. The van der Waals surface area contributed by atoms with Gasteiger partial charge in [-0.3, -0.25) is 0 Å². The van der Waals surface area contributed by atoms with Gasteiger partial charge in [-0.05, 0) is 113 Å². The molecule has 0 unspecified atom stereocenters. The first-order valence-electron chi connectivity index (χ1n) is 18.2. The molecule has 0 heterocycles. The lowest BCUT2D eigenvalue weighted by Crippen LogP contribution is -2.16. The van der Waals surface area contributed by atoms with E-state index in [2.05, 4.69) is 207 Å². The monoisotopic (exact) mass is 663 g/mol. The molecule has 0 aromatic heterocycles. The summed E-state index contributed by atoms with van der Waals surface area (Å²) in [5, 5.41) is 7.72. The summed E-state index contributed by atoms with van der Waals surface area (Å²) in [5.41, 5.74) is 13.6. The molecule has 9 aromatic rings. The zero-order chi connectivity index (χ0) is 34.8. The third-order valence-electron chi connectivity index (χ3n) is 11.2. The van der Waals surface area contributed by atoms with Crippen molar-refractivity contribution in [2.75, 3.05) is 4.90 Å². The maximum Gasteiger partial charge on any atom is 0.0467 e. The van der Waals surface area contributed by atoms with E-state index in [9.17, 15) is 0 Å². The third-order valence-corrected chi connectivity index (χ3v) is 11.2. The summed E-state index contributed by atoms with van der Waals surface area (Å²) < 4.78 is 0. The topological polar surface area (TPSA) is 3.24 Å². The molecule has 0 saturated carbocycles. The largest absolute Gasteiger partial charge is 0.310 e. The van der Waals surface area contributed by atoms with Gasteiger partial charge in [0.15, 0.2) is 0 Å². The van der Waals surface area contributed by atoms with Crippen LogP contribution in [0.1, 0.15) is 25.0 Å². The molecule has 0 fully saturated rings. The van der Waals surface area contributed by atoms with Crippen molar-refractivity contribution in [2.24, 2.45) is 0 Å². The van der Waals surface area contributed by atoms with Crippen molar-refractivity contribution in [3.8, 4) is 33.4 Å². The molecule has 246 valence electrons. The summed E-state index contributed by atoms with van der Waals surface area (Å²) in [4.78, 5) is 2.41. The smallest absolute Gasteiger partial charge is 0.0467 e. The van der Waals surface area contributed by atoms with E-state index in [-0.39, 0.29) is 5.41 Å². The number of fused-ring (bicyclic) bond motifs is 8. The summed E-state index contributed by atoms with van der Waals surface area (Å²) in [7, 11) is 0. The molecule has 1 heteroatoms. The van der Waals surface area contributed by atoms with Crippen molar-refractivity contribution in [3.63, 3.8) is 0 Å². The predicted octanol–water partition coefficient (Wildman–Crippen LogP) is 14.3. The van der Waals surface area contributed by atoms with Crippen LogP contribution in [0.25, 0.3) is 65.7 Å². The number of anilines is 3. The number of rotatable bonds is 5. The van der Waals surface area contributed by atoms with E-state index < -0.39 is 0 Å². The molecule has 0 aliphatic heterocycles. The lowest BCUT2D eigenvalue weighted by atomic mass is 9.82. The van der Waals surface area contributed by atoms with Crippen LogP contribution in [0.15, 0.2) is 188 Å². The molecule has 0 N–H and O–H groups in total. The fraction of sp³-hybridized carbons (Fsp3) is 0.0588. The van der Waals surface area contributed by atoms with Gasteiger partial charge in [-0.1, -0.05) is 166 Å². The van der Waals surface area contributed by atoms with Gasteiger partial charge in [0.25, 0.3) is 0 Å². The van der Waals surface area contributed by atoms with Gasteiger partial charge in [0.1, 0.15) is 0 Å². The van der Waals surface area contributed by atoms with Crippen molar-refractivity contribution in [3.05, 3.63) is 199 Å². The van der Waals surface area contributed by atoms with Gasteiger partial charge >= 0.3 is 0 Å². The van der Waals surface area contributed by atoms with Gasteiger partial charge in [0, 0.05) is 22.5 Å². The van der Waals surface area contributed by atoms with E-state index in [4.69, 9.17) is 0 Å². The maximum atomic E-state index is 2.42. The zero-order valence-corrected chi connectivity index (χ0v) is 29.3. The van der Waals surface area contributed by atoms with Crippen LogP contribution in [0.2, 0.25) is 0 Å². The summed E-state index contributed by atoms with van der Waals surface area (Å²) in [6, 6.07) is 69.1. The van der Waals surface area contributed by atoms with Gasteiger partial charge in [0.2, 0.25) is 0 Å². The number of hydrogen-bond donors (Lipinski definition) is 0. The number of nitrogens with zero attached hydrogens (tertiary/aromatic N) is 1. The lowest BCUT2D eigenvalue weighted by Gasteiger charge is -2.28. The van der Waals surface area contributed by atoms with Crippen LogP contribution in [0.3, 0.4) is 0 Å². The maximum absolute atomic E-state index is 2.42. The minimum atomic E-state index is -0.0901. The molecule has 52 heavy (non-hydrogen) atoms. The van der Waals surface area contributed by atoms with Crippen molar-refractivity contribution >= 4 is 49.4 Å². The average molecular weight is 664 g/mol. The second-order valence-corrected chi connectivity index (χ2v) is 14.6. The second-order valence-electron chi connectivity index (χ2n) is 14.6. The van der Waals surface area contributed by atoms with Crippen molar-refractivity contribution < 1.29 is 0 Å². The molecule has 9 aromatic carbocycles. The number of hydrogen-bond acceptors (Lipinski definition) is 1. The van der Waals surface area contributed by atoms with Gasteiger partial charge < -0.3 is 4.90 Å². The van der Waals surface area contributed by atoms with E-state index >= 15 is 0 Å². The average Bonchev–Trinajstić information content (AvgIpc) is 3.43. The highest BCUT2D eigenvalue weighted by Gasteiger charge is 2.35. The zero-order valence-electron chi connectivity index (χ0n) is 29.3. The molecule has 0 saturated heterocycles. The highest BCUT2D eigenvalue weighted by molar-refractivity contribution is 6.22. The minimum Gasteiger partial charge on any atom is -0.310 e. The van der Waals surface area contributed by atoms with Crippen molar-refractivity contribution in [2.45, 2.75) is 19.3 Å². The van der Waals surface area contributed by atoms with E-state index in [0.717, 1.165) is 17.1 Å². The minimum absolute atomic E-state index is 0.0901. The fourth-order valence-electron chi connectivity index (χ4n) is 8.64. The Morgan fingerprint density at radius 2 is 0.981 bits per heavy atom. The van der Waals surface area contributed by atoms with Crippen LogP contribution >= 0.6 is 0 Å². The summed E-state index contributed by atoms with van der Waals surface area (Å²) in [6.07, 6.45) is 0. The van der Waals surface area contributed by atoms with E-state index in [1.807, 2.05) is 0 Å². The Bertz CT molecular complexity index is 2810. The SMILES string of the molecule is CC1(C)c2ccccc2-c2ccc(N(c3ccc(-c4cccc5c4ccc4ccc6ccccc6c45)cc3)c3cccc(-c4ccccc4)c3)cc21. The first-order valence-corrected chi connectivity index (χ1v) is 18.2. The van der Waals surface area contributed by atoms with Crippen LogP contribution < -0.4 is 4.90 Å². The molecule has 0 amide bonds. The summed E-state index contributed by atoms with van der Waals surface area (Å²) >= 11 is 0. The van der Waals surface area contributed by atoms with Crippen molar-refractivity contribution in [1.82, 2.24) is 0 Å². The lowest BCUT2D eigenvalue weighted by molar-refractivity contribution is 0.660. The van der Waals surface area contributed by atoms with Crippen LogP contribution in [0.4, 0.5) is 17.1 Å². The van der Waals surface area contributed by atoms with Crippen LogP contribution in [0.5, 0.6) is 0 Å². The standard InChI is InChI=1S/C51H37N/c1-51(2)48-21-9-8-18-45(48)46-31-29-41(33-49(46)51)52(40-16-10-15-38(32-40)34-12-4-3-5-13-34)39-27-24-36(25-28-39)42-19-11-20-47-44(42)30-26-37-23-22-35-14-6-7-17-43(35)50(37)47/h3-33H,1-2H3. The Morgan fingerprint density at radius 1 is 0.346 bits per heavy atom. The summed E-state index contributed by atoms with van der Waals surface area (Å²) in [6.45, 7) is 4.71. The van der Waals surface area contributed by atoms with Gasteiger partial charge in [-0.25, -0.2) is 0 Å². The highest BCUT2D eigenvalue weighted by atomic mass is 15.1. The molecule has 0 bridgehead atoms. The Morgan fingerprint density at radius 3 is 1.87 bits per heavy atom. The summed E-state index contributed by atoms with van der Waals surface area (Å²) in [5.74, 6) is 0. The first kappa shape index (κ1) is 30.4. The van der Waals surface area contributed by atoms with Gasteiger partial charge in [-0.15, -0.1) is 0 Å². The van der Waals surface area contributed by atoms with E-state index in [0.29, 0.717) is 0 Å². The Hall–Kier alpha value is -6.44. The Labute approximate surface area is 305 Å². The van der Waals surface area contributed by atoms with E-state index in [1.54, 1.807) is 0 Å². The quantitative estimate of drug-likeness (QED) is 0.166. The van der Waals surface area contributed by atoms with Crippen LogP contribution in [-0.4, -0.2) is 0 Å². The van der Waals surface area contributed by atoms with Crippen molar-refractivity contribution in [1.29, 1.82) is 0 Å².